The van der Waals surface area contributed by atoms with Crippen molar-refractivity contribution in [3.05, 3.63) is 47.3 Å². The molecule has 0 aliphatic carbocycles. The Hall–Kier alpha value is -2.11. The molecule has 110 valence electrons. The Labute approximate surface area is 122 Å². The van der Waals surface area contributed by atoms with Crippen LogP contribution < -0.4 is 4.74 Å². The van der Waals surface area contributed by atoms with Crippen molar-refractivity contribution in [1.82, 2.24) is 5.16 Å². The second-order valence-corrected chi connectivity index (χ2v) is 5.00. The highest BCUT2D eigenvalue weighted by molar-refractivity contribution is 5.67. The molecule has 2 atom stereocenters. The van der Waals surface area contributed by atoms with Crippen LogP contribution in [0.15, 0.2) is 34.9 Å². The zero-order chi connectivity index (χ0) is 14.7. The van der Waals surface area contributed by atoms with Crippen molar-refractivity contribution >= 4 is 12.2 Å². The fourth-order valence-corrected chi connectivity index (χ4v) is 1.79. The second kappa shape index (κ2) is 6.11. The van der Waals surface area contributed by atoms with Crippen molar-refractivity contribution in [3.63, 3.8) is 0 Å². The number of benzene rings is 1. The van der Waals surface area contributed by atoms with E-state index >= 15 is 0 Å². The molecule has 1 aromatic heterocycles. The molecule has 1 aromatic carbocycles. The SMILES string of the molecule is CC(O)c1cc(/C=C/c2ccc(OCC3CO3)cc2)on1. The van der Waals surface area contributed by atoms with Gasteiger partial charge in [-0.25, -0.2) is 0 Å². The molecule has 1 aliphatic heterocycles. The van der Waals surface area contributed by atoms with Crippen molar-refractivity contribution in [1.29, 1.82) is 0 Å². The van der Waals surface area contributed by atoms with Gasteiger partial charge in [0.1, 0.15) is 24.2 Å². The van der Waals surface area contributed by atoms with E-state index in [0.717, 1.165) is 17.9 Å². The summed E-state index contributed by atoms with van der Waals surface area (Å²) in [4.78, 5) is 0. The third-order valence-corrected chi connectivity index (χ3v) is 3.13. The van der Waals surface area contributed by atoms with E-state index in [4.69, 9.17) is 14.0 Å². The number of aliphatic hydroxyl groups excluding tert-OH is 1. The van der Waals surface area contributed by atoms with Crippen molar-refractivity contribution in [2.24, 2.45) is 0 Å². The Kier molecular flexibility index (Phi) is 4.03. The quantitative estimate of drug-likeness (QED) is 0.827. The number of hydrogen-bond donors (Lipinski definition) is 1. The molecule has 1 N–H and O–H groups in total. The fourth-order valence-electron chi connectivity index (χ4n) is 1.79. The van der Waals surface area contributed by atoms with Crippen LogP contribution in [0.25, 0.3) is 12.2 Å². The normalized spacial score (nSPS) is 18.9. The van der Waals surface area contributed by atoms with E-state index in [2.05, 4.69) is 5.16 Å². The van der Waals surface area contributed by atoms with E-state index in [1.54, 1.807) is 13.0 Å². The van der Waals surface area contributed by atoms with Gasteiger partial charge in [-0.2, -0.15) is 0 Å². The fraction of sp³-hybridized carbons (Fsp3) is 0.312. The van der Waals surface area contributed by atoms with E-state index in [-0.39, 0.29) is 6.10 Å². The Bertz CT molecular complexity index is 611. The van der Waals surface area contributed by atoms with Gasteiger partial charge >= 0.3 is 0 Å². The summed E-state index contributed by atoms with van der Waals surface area (Å²) >= 11 is 0. The Morgan fingerprint density at radius 2 is 2.14 bits per heavy atom. The first-order chi connectivity index (χ1) is 10.2. The van der Waals surface area contributed by atoms with E-state index in [0.29, 0.717) is 18.1 Å². The van der Waals surface area contributed by atoms with E-state index in [1.807, 2.05) is 36.4 Å². The maximum atomic E-state index is 9.38. The van der Waals surface area contributed by atoms with Gasteiger partial charge in [-0.1, -0.05) is 23.4 Å². The molecule has 1 aliphatic rings. The Balaban J connectivity index is 1.59. The maximum absolute atomic E-state index is 9.38. The molecule has 0 saturated carbocycles. The molecule has 0 radical (unpaired) electrons. The number of aromatic nitrogens is 1. The lowest BCUT2D eigenvalue weighted by Crippen LogP contribution is -2.03. The molecule has 21 heavy (non-hydrogen) atoms. The lowest BCUT2D eigenvalue weighted by Gasteiger charge is -2.03. The summed E-state index contributed by atoms with van der Waals surface area (Å²) in [6, 6.07) is 9.48. The zero-order valence-electron chi connectivity index (χ0n) is 11.7. The van der Waals surface area contributed by atoms with Gasteiger partial charge in [-0.15, -0.1) is 0 Å². The first-order valence-electron chi connectivity index (χ1n) is 6.88. The molecule has 0 spiro atoms. The van der Waals surface area contributed by atoms with Crippen LogP contribution in [0.5, 0.6) is 5.75 Å². The molecule has 1 saturated heterocycles. The van der Waals surface area contributed by atoms with Crippen molar-refractivity contribution in [2.75, 3.05) is 13.2 Å². The van der Waals surface area contributed by atoms with Crippen LogP contribution in [0.1, 0.15) is 30.0 Å². The second-order valence-electron chi connectivity index (χ2n) is 5.00. The minimum Gasteiger partial charge on any atom is -0.491 e. The van der Waals surface area contributed by atoms with Gasteiger partial charge in [-0.05, 0) is 30.7 Å². The number of aliphatic hydroxyl groups is 1. The summed E-state index contributed by atoms with van der Waals surface area (Å²) in [5.41, 5.74) is 1.56. The number of nitrogens with zero attached hydrogens (tertiary/aromatic N) is 1. The van der Waals surface area contributed by atoms with Gasteiger partial charge in [-0.3, -0.25) is 0 Å². The standard InChI is InChI=1S/C16H17NO4/c1-11(18)16-8-14(21-17-16)7-4-12-2-5-13(6-3-12)19-9-15-10-20-15/h2-8,11,15,18H,9-10H2,1H3/b7-4+. The van der Waals surface area contributed by atoms with Crippen molar-refractivity contribution in [2.45, 2.75) is 19.1 Å². The third kappa shape index (κ3) is 3.93. The predicted molar refractivity (Wildman–Crippen MR) is 77.7 cm³/mol. The van der Waals surface area contributed by atoms with Gasteiger partial charge in [0.05, 0.1) is 12.7 Å². The molecule has 1 fully saturated rings. The summed E-state index contributed by atoms with van der Waals surface area (Å²) in [7, 11) is 0. The van der Waals surface area contributed by atoms with E-state index in [1.165, 1.54) is 0 Å². The Morgan fingerprint density at radius 1 is 1.38 bits per heavy atom. The van der Waals surface area contributed by atoms with Gasteiger partial charge in [0.25, 0.3) is 0 Å². The van der Waals surface area contributed by atoms with Crippen LogP contribution in [0, 0.1) is 0 Å². The molecule has 5 heteroatoms. The van der Waals surface area contributed by atoms with Crippen LogP contribution in [0.4, 0.5) is 0 Å². The lowest BCUT2D eigenvalue weighted by molar-refractivity contribution is 0.188. The first-order valence-corrected chi connectivity index (χ1v) is 6.88. The van der Waals surface area contributed by atoms with Crippen molar-refractivity contribution in [3.8, 4) is 5.75 Å². The molecule has 2 heterocycles. The summed E-state index contributed by atoms with van der Waals surface area (Å²) < 4.78 is 15.8. The molecule has 0 bridgehead atoms. The summed E-state index contributed by atoms with van der Waals surface area (Å²) in [5.74, 6) is 1.44. The van der Waals surface area contributed by atoms with Gasteiger partial charge in [0.15, 0.2) is 5.76 Å². The highest BCUT2D eigenvalue weighted by Gasteiger charge is 2.22. The van der Waals surface area contributed by atoms with Crippen LogP contribution in [0.2, 0.25) is 0 Å². The highest BCUT2D eigenvalue weighted by Crippen LogP contribution is 2.18. The molecule has 3 rings (SSSR count). The molecule has 2 aromatic rings. The maximum Gasteiger partial charge on any atom is 0.160 e. The summed E-state index contributed by atoms with van der Waals surface area (Å²) in [6.07, 6.45) is 3.37. The number of rotatable bonds is 6. The number of epoxide rings is 1. The lowest BCUT2D eigenvalue weighted by atomic mass is 10.2. The van der Waals surface area contributed by atoms with E-state index < -0.39 is 6.10 Å². The molecule has 2 unspecified atom stereocenters. The van der Waals surface area contributed by atoms with Crippen LogP contribution in [-0.4, -0.2) is 29.6 Å². The van der Waals surface area contributed by atoms with Crippen LogP contribution in [-0.2, 0) is 4.74 Å². The highest BCUT2D eigenvalue weighted by atomic mass is 16.6. The topological polar surface area (TPSA) is 68.0 Å². The molecular weight excluding hydrogens is 270 g/mol. The van der Waals surface area contributed by atoms with Crippen LogP contribution >= 0.6 is 0 Å². The average Bonchev–Trinajstić information content (AvgIpc) is 3.19. The monoisotopic (exact) mass is 287 g/mol. The van der Waals surface area contributed by atoms with Crippen molar-refractivity contribution < 1.29 is 19.1 Å². The third-order valence-electron chi connectivity index (χ3n) is 3.13. The first kappa shape index (κ1) is 13.9. The van der Waals surface area contributed by atoms with Gasteiger partial charge in [0, 0.05) is 6.07 Å². The van der Waals surface area contributed by atoms with Gasteiger partial charge < -0.3 is 19.1 Å². The summed E-state index contributed by atoms with van der Waals surface area (Å²) in [5, 5.41) is 13.2. The number of hydrogen-bond acceptors (Lipinski definition) is 5. The largest absolute Gasteiger partial charge is 0.491 e. The average molecular weight is 287 g/mol. The molecule has 0 amide bonds. The van der Waals surface area contributed by atoms with E-state index in [9.17, 15) is 5.11 Å². The van der Waals surface area contributed by atoms with Gasteiger partial charge in [0.2, 0.25) is 0 Å². The smallest absolute Gasteiger partial charge is 0.160 e. The zero-order valence-corrected chi connectivity index (χ0v) is 11.7. The molecular formula is C16H17NO4. The number of ether oxygens (including phenoxy) is 2. The molecule has 5 nitrogen and oxygen atoms in total. The summed E-state index contributed by atoms with van der Waals surface area (Å²) in [6.45, 7) is 3.05. The minimum atomic E-state index is -0.622. The minimum absolute atomic E-state index is 0.263. The van der Waals surface area contributed by atoms with Crippen LogP contribution in [0.3, 0.4) is 0 Å². The Morgan fingerprint density at radius 3 is 2.76 bits per heavy atom. The predicted octanol–water partition coefficient (Wildman–Crippen LogP) is 2.68.